The molecule has 2 saturated heterocycles. The molecule has 0 bridgehead atoms. The van der Waals surface area contributed by atoms with Gasteiger partial charge in [-0.15, -0.1) is 0 Å². The molecular formula is C23H27N3O2. The Bertz CT molecular complexity index is 824. The van der Waals surface area contributed by atoms with E-state index in [9.17, 15) is 9.59 Å². The van der Waals surface area contributed by atoms with E-state index >= 15 is 0 Å². The monoisotopic (exact) mass is 377 g/mol. The van der Waals surface area contributed by atoms with Gasteiger partial charge < -0.3 is 15.1 Å². The fourth-order valence-corrected chi connectivity index (χ4v) is 4.68. The number of nitrogens with one attached hydrogen (secondary N) is 1. The molecule has 5 nitrogen and oxygen atoms in total. The molecular weight excluding hydrogens is 350 g/mol. The van der Waals surface area contributed by atoms with Gasteiger partial charge in [-0.25, -0.2) is 4.79 Å². The summed E-state index contributed by atoms with van der Waals surface area (Å²) < 4.78 is 0. The van der Waals surface area contributed by atoms with Gasteiger partial charge in [0.25, 0.3) is 0 Å². The Morgan fingerprint density at radius 1 is 0.964 bits per heavy atom. The Labute approximate surface area is 166 Å². The number of carbonyl (C=O) groups excluding carboxylic acids is 2. The first-order valence-corrected chi connectivity index (χ1v) is 10.0. The standard InChI is InChI=1S/C23H27N3O2/c1-17(27)26-15-20-14-25(16-21(20)22(26)19-10-6-3-7-11-19)23(28)24-13-12-18-8-4-2-5-9-18/h2-11,20-22H,12-16H2,1H3,(H,24,28)/t20-,21-,22+/m1/s1. The van der Waals surface area contributed by atoms with Crippen LogP contribution in [0.1, 0.15) is 24.1 Å². The second kappa shape index (κ2) is 8.05. The number of amides is 3. The molecule has 0 aromatic heterocycles. The molecule has 2 aromatic rings. The molecule has 2 fully saturated rings. The van der Waals surface area contributed by atoms with Crippen molar-refractivity contribution in [2.24, 2.45) is 11.8 Å². The molecule has 3 atom stereocenters. The average Bonchev–Trinajstić information content (AvgIpc) is 3.27. The highest BCUT2D eigenvalue weighted by molar-refractivity contribution is 5.76. The lowest BCUT2D eigenvalue weighted by Crippen LogP contribution is -2.42. The molecule has 0 unspecified atom stereocenters. The van der Waals surface area contributed by atoms with Gasteiger partial charge >= 0.3 is 6.03 Å². The summed E-state index contributed by atoms with van der Waals surface area (Å²) in [5.41, 5.74) is 2.39. The molecule has 3 amide bonds. The number of nitrogens with zero attached hydrogens (tertiary/aromatic N) is 2. The highest BCUT2D eigenvalue weighted by atomic mass is 16.2. The smallest absolute Gasteiger partial charge is 0.317 e. The van der Waals surface area contributed by atoms with Crippen LogP contribution in [-0.2, 0) is 11.2 Å². The van der Waals surface area contributed by atoms with Crippen LogP contribution in [0.2, 0.25) is 0 Å². The Morgan fingerprint density at radius 3 is 2.32 bits per heavy atom. The predicted molar refractivity (Wildman–Crippen MR) is 109 cm³/mol. The highest BCUT2D eigenvalue weighted by Gasteiger charge is 2.49. The third-order valence-electron chi connectivity index (χ3n) is 6.03. The fourth-order valence-electron chi connectivity index (χ4n) is 4.68. The summed E-state index contributed by atoms with van der Waals surface area (Å²) in [6.07, 6.45) is 0.831. The number of benzene rings is 2. The molecule has 4 rings (SSSR count). The maximum Gasteiger partial charge on any atom is 0.317 e. The van der Waals surface area contributed by atoms with E-state index in [0.29, 0.717) is 24.9 Å². The molecule has 2 heterocycles. The first-order valence-electron chi connectivity index (χ1n) is 10.0. The average molecular weight is 377 g/mol. The lowest BCUT2D eigenvalue weighted by Gasteiger charge is -2.29. The van der Waals surface area contributed by atoms with E-state index in [1.54, 1.807) is 6.92 Å². The van der Waals surface area contributed by atoms with Crippen LogP contribution >= 0.6 is 0 Å². The van der Waals surface area contributed by atoms with Crippen LogP contribution in [0.4, 0.5) is 4.79 Å². The van der Waals surface area contributed by atoms with Crippen molar-refractivity contribution in [1.82, 2.24) is 15.1 Å². The van der Waals surface area contributed by atoms with E-state index in [4.69, 9.17) is 0 Å². The normalized spacial score (nSPS) is 23.5. The summed E-state index contributed by atoms with van der Waals surface area (Å²) in [7, 11) is 0. The molecule has 1 N–H and O–H groups in total. The number of likely N-dealkylation sites (tertiary alicyclic amines) is 2. The van der Waals surface area contributed by atoms with Crippen LogP contribution in [-0.4, -0.2) is 47.9 Å². The largest absolute Gasteiger partial charge is 0.338 e. The topological polar surface area (TPSA) is 52.7 Å². The SMILES string of the molecule is CC(=O)N1C[C@H]2CN(C(=O)NCCc3ccccc3)C[C@H]2[C@@H]1c1ccccc1. The zero-order chi connectivity index (χ0) is 19.5. The molecule has 2 aromatic carbocycles. The summed E-state index contributed by atoms with van der Waals surface area (Å²) in [6, 6.07) is 20.5. The van der Waals surface area contributed by atoms with Crippen molar-refractivity contribution >= 4 is 11.9 Å². The van der Waals surface area contributed by atoms with Crippen LogP contribution in [0.25, 0.3) is 0 Å². The van der Waals surface area contributed by atoms with E-state index < -0.39 is 0 Å². The minimum atomic E-state index is 0.00604. The number of fused-ring (bicyclic) bond motifs is 1. The minimum Gasteiger partial charge on any atom is -0.338 e. The van der Waals surface area contributed by atoms with Gasteiger partial charge in [-0.3, -0.25) is 4.79 Å². The van der Waals surface area contributed by atoms with Gasteiger partial charge in [-0.1, -0.05) is 60.7 Å². The second-order valence-electron chi connectivity index (χ2n) is 7.82. The van der Waals surface area contributed by atoms with Crippen LogP contribution in [0.15, 0.2) is 60.7 Å². The first-order chi connectivity index (χ1) is 13.6. The van der Waals surface area contributed by atoms with Gasteiger partial charge in [0.05, 0.1) is 6.04 Å². The van der Waals surface area contributed by atoms with Crippen molar-refractivity contribution in [2.75, 3.05) is 26.2 Å². The van der Waals surface area contributed by atoms with Gasteiger partial charge in [0.15, 0.2) is 0 Å². The summed E-state index contributed by atoms with van der Waals surface area (Å²) in [6.45, 7) is 4.43. The van der Waals surface area contributed by atoms with Crippen molar-refractivity contribution in [3.63, 3.8) is 0 Å². The van der Waals surface area contributed by atoms with Crippen molar-refractivity contribution in [3.05, 3.63) is 71.8 Å². The van der Waals surface area contributed by atoms with Crippen molar-refractivity contribution in [1.29, 1.82) is 0 Å². The minimum absolute atomic E-state index is 0.00604. The second-order valence-corrected chi connectivity index (χ2v) is 7.82. The van der Waals surface area contributed by atoms with Crippen LogP contribution < -0.4 is 5.32 Å². The number of hydrogen-bond acceptors (Lipinski definition) is 2. The summed E-state index contributed by atoms with van der Waals surface area (Å²) >= 11 is 0. The van der Waals surface area contributed by atoms with Gasteiger partial charge in [-0.2, -0.15) is 0 Å². The Kier molecular flexibility index (Phi) is 5.33. The first kappa shape index (κ1) is 18.5. The third kappa shape index (κ3) is 3.75. The third-order valence-corrected chi connectivity index (χ3v) is 6.03. The molecule has 0 spiro atoms. The zero-order valence-corrected chi connectivity index (χ0v) is 16.3. The summed E-state index contributed by atoms with van der Waals surface area (Å²) in [4.78, 5) is 28.8. The maximum atomic E-state index is 12.7. The molecule has 28 heavy (non-hydrogen) atoms. The molecule has 0 radical (unpaired) electrons. The highest BCUT2D eigenvalue weighted by Crippen LogP contribution is 2.44. The van der Waals surface area contributed by atoms with Gasteiger partial charge in [0.1, 0.15) is 0 Å². The molecule has 2 aliphatic heterocycles. The number of carbonyl (C=O) groups is 2. The van der Waals surface area contributed by atoms with E-state index in [0.717, 1.165) is 25.1 Å². The van der Waals surface area contributed by atoms with Crippen LogP contribution in [0, 0.1) is 11.8 Å². The van der Waals surface area contributed by atoms with Gasteiger partial charge in [-0.05, 0) is 17.5 Å². The predicted octanol–water partition coefficient (Wildman–Crippen LogP) is 3.09. The van der Waals surface area contributed by atoms with Crippen LogP contribution in [0.5, 0.6) is 0 Å². The molecule has 2 aliphatic rings. The van der Waals surface area contributed by atoms with Gasteiger partial charge in [0.2, 0.25) is 5.91 Å². The van der Waals surface area contributed by atoms with Gasteiger partial charge in [0, 0.05) is 44.9 Å². The number of rotatable bonds is 4. The summed E-state index contributed by atoms with van der Waals surface area (Å²) in [5, 5.41) is 3.06. The van der Waals surface area contributed by atoms with Crippen molar-refractivity contribution < 1.29 is 9.59 Å². The molecule has 0 aliphatic carbocycles. The van der Waals surface area contributed by atoms with E-state index in [1.165, 1.54) is 5.56 Å². The fraction of sp³-hybridized carbons (Fsp3) is 0.391. The van der Waals surface area contributed by atoms with E-state index in [1.807, 2.05) is 46.2 Å². The Balaban J connectivity index is 1.38. The van der Waals surface area contributed by atoms with Crippen molar-refractivity contribution in [3.8, 4) is 0 Å². The van der Waals surface area contributed by atoms with E-state index in [-0.39, 0.29) is 18.0 Å². The quantitative estimate of drug-likeness (QED) is 0.890. The molecule has 146 valence electrons. The van der Waals surface area contributed by atoms with Crippen LogP contribution in [0.3, 0.4) is 0 Å². The lowest BCUT2D eigenvalue weighted by atomic mass is 9.89. The number of urea groups is 1. The zero-order valence-electron chi connectivity index (χ0n) is 16.3. The lowest BCUT2D eigenvalue weighted by molar-refractivity contribution is -0.130. The Hall–Kier alpha value is -2.82. The maximum absolute atomic E-state index is 12.7. The van der Waals surface area contributed by atoms with E-state index in [2.05, 4.69) is 29.6 Å². The van der Waals surface area contributed by atoms with Crippen molar-refractivity contribution in [2.45, 2.75) is 19.4 Å². The number of hydrogen-bond donors (Lipinski definition) is 1. The molecule has 0 saturated carbocycles. The molecule has 5 heteroatoms. The summed E-state index contributed by atoms with van der Waals surface area (Å²) in [5.74, 6) is 0.752. The Morgan fingerprint density at radius 2 is 1.64 bits per heavy atom.